The van der Waals surface area contributed by atoms with Crippen LogP contribution in [-0.4, -0.2) is 54.7 Å². The minimum absolute atomic E-state index is 0.264. The zero-order valence-corrected chi connectivity index (χ0v) is 12.6. The number of carboxylic acid groups (broad SMARTS) is 1. The topological polar surface area (TPSA) is 70.1 Å². The number of carbonyl (C=O) groups is 2. The molecular weight excluding hydrogens is 284 g/mol. The number of benzene rings is 1. The van der Waals surface area contributed by atoms with Gasteiger partial charge in [-0.15, -0.1) is 0 Å². The third kappa shape index (κ3) is 4.00. The van der Waals surface area contributed by atoms with Crippen molar-refractivity contribution >= 4 is 17.6 Å². The van der Waals surface area contributed by atoms with E-state index in [1.807, 2.05) is 31.2 Å². The molecule has 0 atom stereocenters. The number of aliphatic carboxylic acids is 1. The van der Waals surface area contributed by atoms with E-state index in [1.54, 1.807) is 4.90 Å². The van der Waals surface area contributed by atoms with Crippen molar-refractivity contribution in [3.05, 3.63) is 36.4 Å². The highest BCUT2D eigenvalue weighted by atomic mass is 16.5. The highest BCUT2D eigenvalue weighted by molar-refractivity contribution is 5.94. The Balaban J connectivity index is 1.98. The van der Waals surface area contributed by atoms with Gasteiger partial charge in [0.25, 0.3) is 0 Å². The fourth-order valence-electron chi connectivity index (χ4n) is 2.41. The van der Waals surface area contributed by atoms with E-state index in [9.17, 15) is 9.59 Å². The summed E-state index contributed by atoms with van der Waals surface area (Å²) in [5.41, 5.74) is 1.03. The molecule has 0 aromatic heterocycles. The van der Waals surface area contributed by atoms with Gasteiger partial charge in [0.1, 0.15) is 5.75 Å². The maximum Gasteiger partial charge on any atom is 0.328 e. The van der Waals surface area contributed by atoms with Crippen LogP contribution in [0.25, 0.3) is 0 Å². The first-order valence-electron chi connectivity index (χ1n) is 7.28. The van der Waals surface area contributed by atoms with Crippen LogP contribution in [-0.2, 0) is 9.59 Å². The normalized spacial score (nSPS) is 15.1. The molecule has 22 heavy (non-hydrogen) atoms. The zero-order valence-electron chi connectivity index (χ0n) is 12.6. The summed E-state index contributed by atoms with van der Waals surface area (Å²) >= 11 is 0. The first-order valence-corrected chi connectivity index (χ1v) is 7.28. The van der Waals surface area contributed by atoms with Gasteiger partial charge in [0, 0.05) is 38.3 Å². The number of rotatable bonds is 5. The van der Waals surface area contributed by atoms with E-state index in [0.717, 1.165) is 23.6 Å². The third-order valence-corrected chi connectivity index (χ3v) is 3.47. The predicted octanol–water partition coefficient (Wildman–Crippen LogP) is 1.37. The van der Waals surface area contributed by atoms with Gasteiger partial charge in [-0.3, -0.25) is 4.79 Å². The largest absolute Gasteiger partial charge is 0.492 e. The molecule has 1 aromatic rings. The van der Waals surface area contributed by atoms with Crippen LogP contribution >= 0.6 is 0 Å². The molecule has 1 aliphatic heterocycles. The molecule has 0 saturated carbocycles. The second-order valence-corrected chi connectivity index (χ2v) is 4.88. The number of carbonyl (C=O) groups excluding carboxylic acids is 1. The van der Waals surface area contributed by atoms with Crippen LogP contribution < -0.4 is 9.64 Å². The van der Waals surface area contributed by atoms with Crippen LogP contribution in [0.5, 0.6) is 5.75 Å². The fraction of sp³-hybridized carbons (Fsp3) is 0.375. The summed E-state index contributed by atoms with van der Waals surface area (Å²) in [6, 6.07) is 7.84. The molecule has 1 aromatic carbocycles. The van der Waals surface area contributed by atoms with Crippen molar-refractivity contribution in [2.24, 2.45) is 0 Å². The Kier molecular flexibility index (Phi) is 5.41. The highest BCUT2D eigenvalue weighted by Crippen LogP contribution is 2.28. The second kappa shape index (κ2) is 7.49. The van der Waals surface area contributed by atoms with Gasteiger partial charge in [-0.05, 0) is 19.1 Å². The molecule has 0 spiro atoms. The van der Waals surface area contributed by atoms with Crippen LogP contribution in [0.15, 0.2) is 36.4 Å². The minimum atomic E-state index is -1.11. The van der Waals surface area contributed by atoms with Crippen molar-refractivity contribution in [2.75, 3.05) is 37.7 Å². The van der Waals surface area contributed by atoms with Gasteiger partial charge < -0.3 is 19.6 Å². The first-order chi connectivity index (χ1) is 10.6. The van der Waals surface area contributed by atoms with Gasteiger partial charge in [-0.1, -0.05) is 12.1 Å². The van der Waals surface area contributed by atoms with E-state index in [1.165, 1.54) is 0 Å². The SMILES string of the molecule is CCOc1ccccc1N1CCN(C(=O)/C=C/C(=O)O)CC1. The third-order valence-electron chi connectivity index (χ3n) is 3.47. The number of hydrogen-bond donors (Lipinski definition) is 1. The van der Waals surface area contributed by atoms with Gasteiger partial charge in [-0.2, -0.15) is 0 Å². The molecule has 118 valence electrons. The van der Waals surface area contributed by atoms with Crippen LogP contribution in [0.4, 0.5) is 5.69 Å². The summed E-state index contributed by atoms with van der Waals surface area (Å²) in [5, 5.41) is 8.55. The summed E-state index contributed by atoms with van der Waals surface area (Å²) in [6.45, 7) is 5.05. The smallest absolute Gasteiger partial charge is 0.328 e. The van der Waals surface area contributed by atoms with Gasteiger partial charge in [0.2, 0.25) is 5.91 Å². The molecule has 0 radical (unpaired) electrons. The fourth-order valence-corrected chi connectivity index (χ4v) is 2.41. The lowest BCUT2D eigenvalue weighted by Gasteiger charge is -2.36. The molecule has 1 saturated heterocycles. The zero-order chi connectivity index (χ0) is 15.9. The number of para-hydroxylation sites is 2. The number of amides is 1. The Labute approximate surface area is 129 Å². The van der Waals surface area contributed by atoms with Crippen molar-refractivity contribution in [3.63, 3.8) is 0 Å². The maximum absolute atomic E-state index is 11.8. The quantitative estimate of drug-likeness (QED) is 0.832. The molecule has 1 heterocycles. The molecule has 1 aliphatic rings. The summed E-state index contributed by atoms with van der Waals surface area (Å²) in [7, 11) is 0. The molecule has 6 heteroatoms. The average Bonchev–Trinajstić information content (AvgIpc) is 2.53. The lowest BCUT2D eigenvalue weighted by atomic mass is 10.2. The number of anilines is 1. The maximum atomic E-state index is 11.8. The lowest BCUT2D eigenvalue weighted by molar-refractivity contribution is -0.132. The van der Waals surface area contributed by atoms with Crippen molar-refractivity contribution in [1.29, 1.82) is 0 Å². The summed E-state index contributed by atoms with van der Waals surface area (Å²) in [5.74, 6) is -0.534. The molecule has 6 nitrogen and oxygen atoms in total. The van der Waals surface area contributed by atoms with Crippen LogP contribution in [0, 0.1) is 0 Å². The number of piperazine rings is 1. The van der Waals surface area contributed by atoms with E-state index in [2.05, 4.69) is 4.90 Å². The van der Waals surface area contributed by atoms with Crippen molar-refractivity contribution < 1.29 is 19.4 Å². The van der Waals surface area contributed by atoms with Crippen LogP contribution in [0.3, 0.4) is 0 Å². The summed E-state index contributed by atoms with van der Waals surface area (Å²) < 4.78 is 5.63. The predicted molar refractivity (Wildman–Crippen MR) is 83.2 cm³/mol. The Bertz CT molecular complexity index is 563. The Morgan fingerprint density at radius 1 is 1.18 bits per heavy atom. The monoisotopic (exact) mass is 304 g/mol. The second-order valence-electron chi connectivity index (χ2n) is 4.88. The van der Waals surface area contributed by atoms with Gasteiger partial charge in [0.15, 0.2) is 0 Å². The lowest BCUT2D eigenvalue weighted by Crippen LogP contribution is -2.48. The number of nitrogens with zero attached hydrogens (tertiary/aromatic N) is 2. The molecule has 1 amide bonds. The molecule has 0 bridgehead atoms. The van der Waals surface area contributed by atoms with Crippen molar-refractivity contribution in [1.82, 2.24) is 4.90 Å². The van der Waals surface area contributed by atoms with E-state index in [-0.39, 0.29) is 5.91 Å². The molecule has 0 unspecified atom stereocenters. The van der Waals surface area contributed by atoms with Crippen LogP contribution in [0.1, 0.15) is 6.92 Å². The highest BCUT2D eigenvalue weighted by Gasteiger charge is 2.21. The standard InChI is InChI=1S/C16H20N2O4/c1-2-22-14-6-4-3-5-13(14)17-9-11-18(12-10-17)15(19)7-8-16(20)21/h3-8H,2,9-12H2,1H3,(H,20,21)/b8-7+. The van der Waals surface area contributed by atoms with Gasteiger partial charge in [-0.25, -0.2) is 4.79 Å². The molecule has 1 fully saturated rings. The summed E-state index contributed by atoms with van der Waals surface area (Å²) in [6.07, 6.45) is 1.98. The minimum Gasteiger partial charge on any atom is -0.492 e. The van der Waals surface area contributed by atoms with E-state index >= 15 is 0 Å². The van der Waals surface area contributed by atoms with Gasteiger partial charge >= 0.3 is 5.97 Å². The average molecular weight is 304 g/mol. The van der Waals surface area contributed by atoms with Gasteiger partial charge in [0.05, 0.1) is 12.3 Å². The number of hydrogen-bond acceptors (Lipinski definition) is 4. The number of ether oxygens (including phenoxy) is 1. The Morgan fingerprint density at radius 3 is 2.50 bits per heavy atom. The van der Waals surface area contributed by atoms with E-state index in [4.69, 9.17) is 9.84 Å². The Hall–Kier alpha value is -2.50. The molecule has 2 rings (SSSR count). The first kappa shape index (κ1) is 15.9. The van der Waals surface area contributed by atoms with Crippen LogP contribution in [0.2, 0.25) is 0 Å². The molecular formula is C16H20N2O4. The summed E-state index contributed by atoms with van der Waals surface area (Å²) in [4.78, 5) is 26.1. The van der Waals surface area contributed by atoms with Crippen molar-refractivity contribution in [2.45, 2.75) is 6.92 Å². The molecule has 0 aliphatic carbocycles. The van der Waals surface area contributed by atoms with E-state index < -0.39 is 5.97 Å². The van der Waals surface area contributed by atoms with E-state index in [0.29, 0.717) is 32.8 Å². The Morgan fingerprint density at radius 2 is 1.86 bits per heavy atom. The molecule has 1 N–H and O–H groups in total. The van der Waals surface area contributed by atoms with Crippen molar-refractivity contribution in [3.8, 4) is 5.75 Å². The number of carboxylic acids is 1.